The summed E-state index contributed by atoms with van der Waals surface area (Å²) in [5.74, 6) is -1.93. The molecule has 1 aromatic carbocycles. The van der Waals surface area contributed by atoms with Gasteiger partial charge >= 0.3 is 0 Å². The Morgan fingerprint density at radius 2 is 2.12 bits per heavy atom. The molecular formula is C15H15F2N5O2. The minimum atomic E-state index is -1.80. The number of aliphatic hydroxyl groups is 1. The number of hydrogen-bond donors (Lipinski definition) is 1. The molecule has 0 aliphatic carbocycles. The fraction of sp³-hybridized carbons (Fsp3) is 0.333. The monoisotopic (exact) mass is 335 g/mol. The van der Waals surface area contributed by atoms with Crippen molar-refractivity contribution < 1.29 is 18.3 Å². The first kappa shape index (κ1) is 16.2. The van der Waals surface area contributed by atoms with Gasteiger partial charge in [-0.25, -0.2) is 18.4 Å². The Balaban J connectivity index is 2.09. The molecule has 0 aliphatic heterocycles. The Hall–Kier alpha value is -2.68. The van der Waals surface area contributed by atoms with E-state index < -0.39 is 23.2 Å². The van der Waals surface area contributed by atoms with Crippen LogP contribution in [0.4, 0.5) is 8.78 Å². The van der Waals surface area contributed by atoms with Crippen molar-refractivity contribution in [3.8, 4) is 0 Å². The van der Waals surface area contributed by atoms with Gasteiger partial charge in [-0.1, -0.05) is 13.0 Å². The van der Waals surface area contributed by atoms with Gasteiger partial charge in [0.2, 0.25) is 11.8 Å². The molecule has 24 heavy (non-hydrogen) atoms. The lowest BCUT2D eigenvalue weighted by Gasteiger charge is -2.32. The van der Waals surface area contributed by atoms with Crippen molar-refractivity contribution in [1.82, 2.24) is 25.0 Å². The zero-order valence-electron chi connectivity index (χ0n) is 13.0. The lowest BCUT2D eigenvalue weighted by molar-refractivity contribution is -0.0184. The highest BCUT2D eigenvalue weighted by Crippen LogP contribution is 2.39. The van der Waals surface area contributed by atoms with Gasteiger partial charge in [-0.3, -0.25) is 0 Å². The summed E-state index contributed by atoms with van der Waals surface area (Å²) in [6, 6.07) is 2.99. The van der Waals surface area contributed by atoms with Gasteiger partial charge in [-0.2, -0.15) is 5.10 Å². The van der Waals surface area contributed by atoms with Gasteiger partial charge in [0.15, 0.2) is 0 Å². The van der Waals surface area contributed by atoms with Crippen LogP contribution in [0.5, 0.6) is 0 Å². The fourth-order valence-electron chi connectivity index (χ4n) is 2.55. The third-order valence-electron chi connectivity index (χ3n) is 3.90. The van der Waals surface area contributed by atoms with E-state index in [9.17, 15) is 13.9 Å². The molecule has 1 N–H and O–H groups in total. The van der Waals surface area contributed by atoms with Crippen LogP contribution in [-0.4, -0.2) is 30.1 Å². The van der Waals surface area contributed by atoms with E-state index >= 15 is 0 Å². The third-order valence-corrected chi connectivity index (χ3v) is 3.90. The van der Waals surface area contributed by atoms with Crippen LogP contribution >= 0.6 is 0 Å². The molecule has 2 unspecified atom stereocenters. The van der Waals surface area contributed by atoms with Crippen LogP contribution in [0.25, 0.3) is 0 Å². The third kappa shape index (κ3) is 2.90. The van der Waals surface area contributed by atoms with E-state index in [-0.39, 0.29) is 18.0 Å². The standard InChI is InChI=1S/C15H15F2N5O2/c1-9(14-21-20-10(2)24-14)15(23,6-22-8-18-7-19-22)12-4-3-11(16)5-13(12)17/h3-5,7-9,23H,6H2,1-2H3. The Morgan fingerprint density at radius 3 is 2.71 bits per heavy atom. The molecule has 0 saturated carbocycles. The van der Waals surface area contributed by atoms with E-state index in [2.05, 4.69) is 20.3 Å². The summed E-state index contributed by atoms with van der Waals surface area (Å²) in [6.07, 6.45) is 2.68. The van der Waals surface area contributed by atoms with E-state index in [1.54, 1.807) is 13.8 Å². The van der Waals surface area contributed by atoms with Gasteiger partial charge < -0.3 is 9.52 Å². The smallest absolute Gasteiger partial charge is 0.222 e. The second kappa shape index (κ2) is 6.08. The largest absolute Gasteiger partial charge is 0.425 e. The van der Waals surface area contributed by atoms with Crippen LogP contribution in [0.1, 0.15) is 30.2 Å². The van der Waals surface area contributed by atoms with Crippen LogP contribution in [0.2, 0.25) is 0 Å². The number of hydrogen-bond acceptors (Lipinski definition) is 6. The summed E-state index contributed by atoms with van der Waals surface area (Å²) in [5.41, 5.74) is -1.90. The lowest BCUT2D eigenvalue weighted by atomic mass is 9.81. The maximum Gasteiger partial charge on any atom is 0.222 e. The molecule has 0 fully saturated rings. The number of benzene rings is 1. The van der Waals surface area contributed by atoms with E-state index in [1.165, 1.54) is 23.4 Å². The Bertz CT molecular complexity index is 836. The SMILES string of the molecule is Cc1nnc(C(C)C(O)(Cn2cncn2)c2ccc(F)cc2F)o1. The number of aryl methyl sites for hydroxylation is 1. The molecule has 0 radical (unpaired) electrons. The summed E-state index contributed by atoms with van der Waals surface area (Å²) < 4.78 is 34.3. The van der Waals surface area contributed by atoms with Crippen LogP contribution < -0.4 is 0 Å². The van der Waals surface area contributed by atoms with Crippen molar-refractivity contribution in [2.24, 2.45) is 0 Å². The molecule has 0 aliphatic rings. The summed E-state index contributed by atoms with van der Waals surface area (Å²) >= 11 is 0. The molecule has 2 heterocycles. The second-order valence-corrected chi connectivity index (χ2v) is 5.52. The highest BCUT2D eigenvalue weighted by Gasteiger charge is 2.42. The molecule has 7 nitrogen and oxygen atoms in total. The normalized spacial score (nSPS) is 15.2. The first-order valence-corrected chi connectivity index (χ1v) is 7.20. The van der Waals surface area contributed by atoms with Crippen molar-refractivity contribution in [3.63, 3.8) is 0 Å². The number of halogens is 2. The summed E-state index contributed by atoms with van der Waals surface area (Å²) in [7, 11) is 0. The summed E-state index contributed by atoms with van der Waals surface area (Å²) in [6.45, 7) is 3.10. The van der Waals surface area contributed by atoms with Gasteiger partial charge in [0.1, 0.15) is 29.9 Å². The minimum absolute atomic E-state index is 0.0947. The molecule has 3 aromatic rings. The molecule has 2 aromatic heterocycles. The van der Waals surface area contributed by atoms with Gasteiger partial charge in [-0.15, -0.1) is 10.2 Å². The van der Waals surface area contributed by atoms with Gasteiger partial charge in [-0.05, 0) is 6.07 Å². The molecule has 3 rings (SSSR count). The Labute approximate surface area is 136 Å². The van der Waals surface area contributed by atoms with Gasteiger partial charge in [0.25, 0.3) is 0 Å². The van der Waals surface area contributed by atoms with Crippen molar-refractivity contribution in [1.29, 1.82) is 0 Å². The van der Waals surface area contributed by atoms with Crippen LogP contribution in [0.15, 0.2) is 35.3 Å². The summed E-state index contributed by atoms with van der Waals surface area (Å²) in [4.78, 5) is 3.81. The second-order valence-electron chi connectivity index (χ2n) is 5.52. The van der Waals surface area contributed by atoms with Crippen LogP contribution in [0, 0.1) is 18.6 Å². The molecular weight excluding hydrogens is 320 g/mol. The predicted octanol–water partition coefficient (Wildman–Crippen LogP) is 1.94. The lowest BCUT2D eigenvalue weighted by Crippen LogP contribution is -2.38. The average molecular weight is 335 g/mol. The van der Waals surface area contributed by atoms with Crippen molar-refractivity contribution >= 4 is 0 Å². The van der Waals surface area contributed by atoms with Crippen LogP contribution in [-0.2, 0) is 12.1 Å². The molecule has 0 amide bonds. The number of rotatable bonds is 5. The van der Waals surface area contributed by atoms with E-state index in [4.69, 9.17) is 4.42 Å². The topological polar surface area (TPSA) is 89.9 Å². The fourth-order valence-corrected chi connectivity index (χ4v) is 2.55. The van der Waals surface area contributed by atoms with Crippen molar-refractivity contribution in [2.45, 2.75) is 31.9 Å². The number of aromatic nitrogens is 5. The Morgan fingerprint density at radius 1 is 1.33 bits per heavy atom. The van der Waals surface area contributed by atoms with E-state index in [1.807, 2.05) is 0 Å². The molecule has 9 heteroatoms. The zero-order valence-corrected chi connectivity index (χ0v) is 13.0. The van der Waals surface area contributed by atoms with E-state index in [0.29, 0.717) is 12.0 Å². The average Bonchev–Trinajstić information content (AvgIpc) is 3.17. The van der Waals surface area contributed by atoms with Gasteiger partial charge in [0, 0.05) is 18.6 Å². The predicted molar refractivity (Wildman–Crippen MR) is 77.7 cm³/mol. The molecule has 0 bridgehead atoms. The minimum Gasteiger partial charge on any atom is -0.425 e. The highest BCUT2D eigenvalue weighted by molar-refractivity contribution is 5.28. The first-order valence-electron chi connectivity index (χ1n) is 7.20. The Kier molecular flexibility index (Phi) is 4.10. The first-order chi connectivity index (χ1) is 11.4. The molecule has 0 saturated heterocycles. The quantitative estimate of drug-likeness (QED) is 0.766. The van der Waals surface area contributed by atoms with Crippen molar-refractivity contribution in [3.05, 3.63) is 59.8 Å². The molecule has 2 atom stereocenters. The number of nitrogens with zero attached hydrogens (tertiary/aromatic N) is 5. The maximum atomic E-state index is 14.3. The zero-order chi connectivity index (χ0) is 17.3. The highest BCUT2D eigenvalue weighted by atomic mass is 19.1. The maximum absolute atomic E-state index is 14.3. The summed E-state index contributed by atoms with van der Waals surface area (Å²) in [5, 5.41) is 22.8. The molecule has 126 valence electrons. The van der Waals surface area contributed by atoms with Crippen molar-refractivity contribution in [2.75, 3.05) is 0 Å². The van der Waals surface area contributed by atoms with Crippen LogP contribution in [0.3, 0.4) is 0 Å². The molecule has 0 spiro atoms. The van der Waals surface area contributed by atoms with Gasteiger partial charge in [0.05, 0.1) is 12.5 Å². The van der Waals surface area contributed by atoms with E-state index in [0.717, 1.165) is 6.07 Å².